The van der Waals surface area contributed by atoms with E-state index < -0.39 is 0 Å². The van der Waals surface area contributed by atoms with Crippen LogP contribution in [0.2, 0.25) is 0 Å². The summed E-state index contributed by atoms with van der Waals surface area (Å²) in [5.41, 5.74) is 1.63. The SMILES string of the molecule is CC(Cl)C(C)(C)C(=N)Cc1ccccc1. The Labute approximate surface area is 97.0 Å². The molecule has 82 valence electrons. The second-order valence-electron chi connectivity index (χ2n) is 4.48. The minimum atomic E-state index is -0.239. The van der Waals surface area contributed by atoms with Crippen LogP contribution in [-0.2, 0) is 6.42 Å². The molecule has 2 heteroatoms. The third-order valence-electron chi connectivity index (χ3n) is 3.00. The molecule has 0 amide bonds. The molecule has 1 rings (SSSR count). The van der Waals surface area contributed by atoms with E-state index in [0.717, 1.165) is 0 Å². The van der Waals surface area contributed by atoms with Crippen molar-refractivity contribution in [3.05, 3.63) is 35.9 Å². The summed E-state index contributed by atoms with van der Waals surface area (Å²) in [6, 6.07) is 10.1. The molecule has 0 bridgehead atoms. The van der Waals surface area contributed by atoms with Gasteiger partial charge in [0.05, 0.1) is 0 Å². The first-order valence-electron chi connectivity index (χ1n) is 5.20. The molecule has 0 fully saturated rings. The van der Waals surface area contributed by atoms with E-state index in [0.29, 0.717) is 12.1 Å². The number of hydrogen-bond acceptors (Lipinski definition) is 1. The van der Waals surface area contributed by atoms with Crippen molar-refractivity contribution in [2.75, 3.05) is 0 Å². The highest BCUT2D eigenvalue weighted by atomic mass is 35.5. The second kappa shape index (κ2) is 4.80. The highest BCUT2D eigenvalue weighted by Gasteiger charge is 2.28. The molecular weight excluding hydrogens is 206 g/mol. The van der Waals surface area contributed by atoms with Gasteiger partial charge in [-0.2, -0.15) is 0 Å². The van der Waals surface area contributed by atoms with Crippen molar-refractivity contribution < 1.29 is 0 Å². The molecule has 0 aliphatic carbocycles. The third kappa shape index (κ3) is 3.07. The molecule has 0 radical (unpaired) electrons. The van der Waals surface area contributed by atoms with E-state index in [1.54, 1.807) is 0 Å². The highest BCUT2D eigenvalue weighted by Crippen LogP contribution is 2.27. The van der Waals surface area contributed by atoms with Gasteiger partial charge in [-0.15, -0.1) is 11.6 Å². The lowest BCUT2D eigenvalue weighted by atomic mass is 9.81. The molecule has 1 atom stereocenters. The summed E-state index contributed by atoms with van der Waals surface area (Å²) in [4.78, 5) is 0. The minimum absolute atomic E-state index is 0.0197. The van der Waals surface area contributed by atoms with E-state index in [2.05, 4.69) is 0 Å². The van der Waals surface area contributed by atoms with Gasteiger partial charge in [0.1, 0.15) is 0 Å². The molecule has 0 aromatic heterocycles. The molecule has 1 unspecified atom stereocenters. The van der Waals surface area contributed by atoms with E-state index >= 15 is 0 Å². The number of benzene rings is 1. The first kappa shape index (κ1) is 12.3. The van der Waals surface area contributed by atoms with Crippen molar-refractivity contribution in [1.82, 2.24) is 0 Å². The van der Waals surface area contributed by atoms with Crippen molar-refractivity contribution >= 4 is 17.3 Å². The maximum absolute atomic E-state index is 8.07. The lowest BCUT2D eigenvalue weighted by Gasteiger charge is -2.28. The van der Waals surface area contributed by atoms with Crippen molar-refractivity contribution in [2.45, 2.75) is 32.6 Å². The molecule has 0 aliphatic heterocycles. The quantitative estimate of drug-likeness (QED) is 0.591. The van der Waals surface area contributed by atoms with Gasteiger partial charge >= 0.3 is 0 Å². The van der Waals surface area contributed by atoms with Crippen LogP contribution >= 0.6 is 11.6 Å². The van der Waals surface area contributed by atoms with Crippen LogP contribution in [0, 0.1) is 10.8 Å². The fourth-order valence-corrected chi connectivity index (χ4v) is 1.40. The van der Waals surface area contributed by atoms with Gasteiger partial charge in [0.15, 0.2) is 0 Å². The molecule has 0 saturated heterocycles. The predicted molar refractivity (Wildman–Crippen MR) is 67.0 cm³/mol. The van der Waals surface area contributed by atoms with Crippen molar-refractivity contribution in [3.63, 3.8) is 0 Å². The molecular formula is C13H18ClN. The largest absolute Gasteiger partial charge is 0.309 e. The monoisotopic (exact) mass is 223 g/mol. The molecule has 0 spiro atoms. The summed E-state index contributed by atoms with van der Waals surface area (Å²) in [5.74, 6) is 0. The lowest BCUT2D eigenvalue weighted by Crippen LogP contribution is -2.32. The van der Waals surface area contributed by atoms with Gasteiger partial charge in [-0.3, -0.25) is 0 Å². The molecule has 0 aliphatic rings. The Kier molecular flexibility index (Phi) is 3.92. The zero-order chi connectivity index (χ0) is 11.5. The summed E-state index contributed by atoms with van der Waals surface area (Å²) in [6.07, 6.45) is 0.685. The Morgan fingerprint density at radius 3 is 2.33 bits per heavy atom. The van der Waals surface area contributed by atoms with Crippen LogP contribution in [0.4, 0.5) is 0 Å². The third-order valence-corrected chi connectivity index (χ3v) is 3.54. The van der Waals surface area contributed by atoms with E-state index in [-0.39, 0.29) is 10.8 Å². The Bertz CT molecular complexity index is 328. The van der Waals surface area contributed by atoms with E-state index in [1.165, 1.54) is 5.56 Å². The first-order chi connectivity index (χ1) is 6.94. The topological polar surface area (TPSA) is 23.9 Å². The van der Waals surface area contributed by atoms with E-state index in [9.17, 15) is 0 Å². The summed E-state index contributed by atoms with van der Waals surface area (Å²) in [5, 5.41) is 8.06. The van der Waals surface area contributed by atoms with Crippen LogP contribution in [0.15, 0.2) is 30.3 Å². The van der Waals surface area contributed by atoms with Crippen LogP contribution in [-0.4, -0.2) is 11.1 Å². The van der Waals surface area contributed by atoms with Gasteiger partial charge in [0.2, 0.25) is 0 Å². The molecule has 1 aromatic rings. The van der Waals surface area contributed by atoms with Gasteiger partial charge in [-0.05, 0) is 12.5 Å². The predicted octanol–water partition coefficient (Wildman–Crippen LogP) is 3.90. The van der Waals surface area contributed by atoms with Gasteiger partial charge in [0, 0.05) is 22.9 Å². The fraction of sp³-hybridized carbons (Fsp3) is 0.462. The summed E-state index contributed by atoms with van der Waals surface area (Å²) < 4.78 is 0. The van der Waals surface area contributed by atoms with Crippen LogP contribution < -0.4 is 0 Å². The van der Waals surface area contributed by atoms with Crippen molar-refractivity contribution in [2.24, 2.45) is 5.41 Å². The van der Waals surface area contributed by atoms with Crippen LogP contribution in [0.3, 0.4) is 0 Å². The molecule has 1 nitrogen and oxygen atoms in total. The zero-order valence-electron chi connectivity index (χ0n) is 9.55. The normalized spacial score (nSPS) is 13.6. The summed E-state index contributed by atoms with van der Waals surface area (Å²) >= 11 is 6.09. The molecule has 0 heterocycles. The van der Waals surface area contributed by atoms with Crippen molar-refractivity contribution in [3.8, 4) is 0 Å². The van der Waals surface area contributed by atoms with Gasteiger partial charge in [0.25, 0.3) is 0 Å². The number of halogens is 1. The molecule has 0 saturated carbocycles. The smallest absolute Gasteiger partial charge is 0.0410 e. The van der Waals surface area contributed by atoms with Gasteiger partial charge in [-0.25, -0.2) is 0 Å². The number of rotatable bonds is 4. The van der Waals surface area contributed by atoms with E-state index in [4.69, 9.17) is 17.0 Å². The maximum atomic E-state index is 8.07. The average molecular weight is 224 g/mol. The Hall–Kier alpha value is -0.820. The molecule has 1 aromatic carbocycles. The molecule has 15 heavy (non-hydrogen) atoms. The Balaban J connectivity index is 2.72. The highest BCUT2D eigenvalue weighted by molar-refractivity contribution is 6.22. The van der Waals surface area contributed by atoms with Crippen molar-refractivity contribution in [1.29, 1.82) is 5.41 Å². The van der Waals surface area contributed by atoms with Crippen LogP contribution in [0.25, 0.3) is 0 Å². The Morgan fingerprint density at radius 2 is 1.87 bits per heavy atom. The standard InChI is InChI=1S/C13H18ClN/c1-10(14)13(2,3)12(15)9-11-7-5-4-6-8-11/h4-8,10,15H,9H2,1-3H3. The first-order valence-corrected chi connectivity index (χ1v) is 5.64. The number of hydrogen-bond donors (Lipinski definition) is 1. The maximum Gasteiger partial charge on any atom is 0.0410 e. The fourth-order valence-electron chi connectivity index (χ4n) is 1.27. The number of alkyl halides is 1. The van der Waals surface area contributed by atoms with Crippen LogP contribution in [0.1, 0.15) is 26.3 Å². The minimum Gasteiger partial charge on any atom is -0.309 e. The second-order valence-corrected chi connectivity index (χ2v) is 5.13. The zero-order valence-corrected chi connectivity index (χ0v) is 10.3. The number of nitrogens with one attached hydrogen (secondary N) is 1. The Morgan fingerprint density at radius 1 is 1.33 bits per heavy atom. The van der Waals surface area contributed by atoms with E-state index in [1.807, 2.05) is 51.1 Å². The lowest BCUT2D eigenvalue weighted by molar-refractivity contribution is 0.501. The van der Waals surface area contributed by atoms with Crippen LogP contribution in [0.5, 0.6) is 0 Å². The van der Waals surface area contributed by atoms with Gasteiger partial charge < -0.3 is 5.41 Å². The molecule has 1 N–H and O–H groups in total. The average Bonchev–Trinajstić information content (AvgIpc) is 2.18. The summed E-state index contributed by atoms with van der Waals surface area (Å²) in [7, 11) is 0. The van der Waals surface area contributed by atoms with Gasteiger partial charge in [-0.1, -0.05) is 44.2 Å². The summed E-state index contributed by atoms with van der Waals surface area (Å²) in [6.45, 7) is 5.99.